The molecule has 0 unspecified atom stereocenters. The van der Waals surface area contributed by atoms with Crippen LogP contribution in [0.25, 0.3) is 17.1 Å². The molecule has 1 aliphatic rings. The van der Waals surface area contributed by atoms with Gasteiger partial charge in [-0.3, -0.25) is 9.36 Å². The van der Waals surface area contributed by atoms with Crippen LogP contribution in [-0.4, -0.2) is 43.4 Å². The van der Waals surface area contributed by atoms with Crippen molar-refractivity contribution < 1.29 is 4.79 Å². The van der Waals surface area contributed by atoms with Crippen LogP contribution in [0.5, 0.6) is 0 Å². The van der Waals surface area contributed by atoms with Gasteiger partial charge in [-0.15, -0.1) is 10.2 Å². The maximum Gasteiger partial charge on any atom is 0.233 e. The standard InChI is InChI=1S/C24H28N4OS/c1-17-12-14-21(15-13-17)28-23(20-10-5-4-6-11-20)25-26-24(28)30-16-22(29)27-18(2)8-7-9-19(27)3/h4-6,10-15,18-19H,7-9,16H2,1-3H3/t18-,19-/m1/s1. The predicted octanol–water partition coefficient (Wildman–Crippen LogP) is 5.12. The van der Waals surface area contributed by atoms with Crippen LogP contribution in [0.2, 0.25) is 0 Å². The third kappa shape index (κ3) is 4.29. The second-order valence-electron chi connectivity index (χ2n) is 8.06. The first-order valence-corrected chi connectivity index (χ1v) is 11.5. The Bertz CT molecular complexity index is 990. The van der Waals surface area contributed by atoms with Gasteiger partial charge in [0.1, 0.15) is 0 Å². The Hall–Kier alpha value is -2.60. The van der Waals surface area contributed by atoms with Crippen molar-refractivity contribution in [3.8, 4) is 17.1 Å². The number of aromatic nitrogens is 3. The van der Waals surface area contributed by atoms with Gasteiger partial charge in [-0.1, -0.05) is 59.8 Å². The normalized spacial score (nSPS) is 19.1. The first-order valence-electron chi connectivity index (χ1n) is 10.6. The first kappa shape index (κ1) is 20.7. The topological polar surface area (TPSA) is 51.0 Å². The van der Waals surface area contributed by atoms with E-state index in [1.165, 1.54) is 23.7 Å². The molecule has 30 heavy (non-hydrogen) atoms. The van der Waals surface area contributed by atoms with Gasteiger partial charge < -0.3 is 4.90 Å². The molecular formula is C24H28N4OS. The van der Waals surface area contributed by atoms with Gasteiger partial charge in [0.2, 0.25) is 5.91 Å². The molecule has 0 N–H and O–H groups in total. The van der Waals surface area contributed by atoms with E-state index in [9.17, 15) is 4.79 Å². The van der Waals surface area contributed by atoms with Gasteiger partial charge in [0.25, 0.3) is 0 Å². The van der Waals surface area contributed by atoms with Crippen LogP contribution in [0.1, 0.15) is 38.7 Å². The minimum Gasteiger partial charge on any atom is -0.337 e. The van der Waals surface area contributed by atoms with Crippen molar-refractivity contribution in [3.05, 3.63) is 60.2 Å². The van der Waals surface area contributed by atoms with Gasteiger partial charge in [-0.2, -0.15) is 0 Å². The highest BCUT2D eigenvalue weighted by atomic mass is 32.2. The highest BCUT2D eigenvalue weighted by Gasteiger charge is 2.29. The predicted molar refractivity (Wildman–Crippen MR) is 122 cm³/mol. The van der Waals surface area contributed by atoms with E-state index in [1.54, 1.807) is 0 Å². The van der Waals surface area contributed by atoms with Gasteiger partial charge in [-0.25, -0.2) is 0 Å². The summed E-state index contributed by atoms with van der Waals surface area (Å²) in [6.45, 7) is 6.38. The second-order valence-corrected chi connectivity index (χ2v) is 9.00. The van der Waals surface area contributed by atoms with E-state index in [2.05, 4.69) is 64.7 Å². The van der Waals surface area contributed by atoms with Gasteiger partial charge in [0.15, 0.2) is 11.0 Å². The van der Waals surface area contributed by atoms with Gasteiger partial charge in [0.05, 0.1) is 5.75 Å². The lowest BCUT2D eigenvalue weighted by Gasteiger charge is -2.39. The number of piperidine rings is 1. The van der Waals surface area contributed by atoms with Crippen molar-refractivity contribution in [2.24, 2.45) is 0 Å². The van der Waals surface area contributed by atoms with Crippen LogP contribution in [0, 0.1) is 6.92 Å². The number of likely N-dealkylation sites (tertiary alicyclic amines) is 1. The largest absolute Gasteiger partial charge is 0.337 e. The molecule has 1 aromatic heterocycles. The van der Waals surface area contributed by atoms with E-state index in [0.717, 1.165) is 35.1 Å². The van der Waals surface area contributed by atoms with Crippen LogP contribution < -0.4 is 0 Å². The van der Waals surface area contributed by atoms with Gasteiger partial charge in [0, 0.05) is 23.3 Å². The molecule has 1 aliphatic heterocycles. The molecule has 0 saturated carbocycles. The van der Waals surface area contributed by atoms with Gasteiger partial charge in [-0.05, 0) is 52.2 Å². The summed E-state index contributed by atoms with van der Waals surface area (Å²) in [5.74, 6) is 1.33. The lowest BCUT2D eigenvalue weighted by Crippen LogP contribution is -2.48. The molecule has 3 aromatic rings. The maximum atomic E-state index is 13.0. The van der Waals surface area contributed by atoms with E-state index in [4.69, 9.17) is 0 Å². The third-order valence-electron chi connectivity index (χ3n) is 5.76. The zero-order valence-corrected chi connectivity index (χ0v) is 18.6. The number of aryl methyl sites for hydroxylation is 1. The van der Waals surface area contributed by atoms with Crippen molar-refractivity contribution in [1.29, 1.82) is 0 Å². The molecule has 1 saturated heterocycles. The Labute approximate surface area is 182 Å². The zero-order chi connectivity index (χ0) is 21.1. The summed E-state index contributed by atoms with van der Waals surface area (Å²) >= 11 is 1.47. The van der Waals surface area contributed by atoms with Crippen LogP contribution >= 0.6 is 11.8 Å². The number of carbonyl (C=O) groups is 1. The van der Waals surface area contributed by atoms with E-state index in [0.29, 0.717) is 17.8 Å². The number of benzene rings is 2. The number of thioether (sulfide) groups is 1. The smallest absolute Gasteiger partial charge is 0.233 e. The summed E-state index contributed by atoms with van der Waals surface area (Å²) in [7, 11) is 0. The lowest BCUT2D eigenvalue weighted by molar-refractivity contribution is -0.134. The molecule has 2 atom stereocenters. The maximum absolute atomic E-state index is 13.0. The zero-order valence-electron chi connectivity index (χ0n) is 17.8. The molecule has 5 nitrogen and oxygen atoms in total. The van der Waals surface area contributed by atoms with Crippen LogP contribution in [0.15, 0.2) is 59.8 Å². The summed E-state index contributed by atoms with van der Waals surface area (Å²) < 4.78 is 2.05. The van der Waals surface area contributed by atoms with E-state index >= 15 is 0 Å². The Balaban J connectivity index is 1.62. The molecule has 1 fully saturated rings. The average Bonchev–Trinajstić information content (AvgIpc) is 3.17. The Kier molecular flexibility index (Phi) is 6.23. The van der Waals surface area contributed by atoms with Crippen molar-refractivity contribution >= 4 is 17.7 Å². The van der Waals surface area contributed by atoms with Crippen molar-refractivity contribution in [3.63, 3.8) is 0 Å². The monoisotopic (exact) mass is 420 g/mol. The van der Waals surface area contributed by atoms with Crippen molar-refractivity contribution in [2.45, 2.75) is 57.3 Å². The SMILES string of the molecule is Cc1ccc(-n2c(SCC(=O)N3[C@H](C)CCC[C@H]3C)nnc2-c2ccccc2)cc1. The van der Waals surface area contributed by atoms with Gasteiger partial charge >= 0.3 is 0 Å². The molecule has 0 radical (unpaired) electrons. The van der Waals surface area contributed by atoms with E-state index in [1.807, 2.05) is 30.3 Å². The van der Waals surface area contributed by atoms with Crippen molar-refractivity contribution in [2.75, 3.05) is 5.75 Å². The summed E-state index contributed by atoms with van der Waals surface area (Å²) in [5, 5.41) is 9.66. The highest BCUT2D eigenvalue weighted by Crippen LogP contribution is 2.29. The Morgan fingerprint density at radius 3 is 2.33 bits per heavy atom. The van der Waals surface area contributed by atoms with E-state index < -0.39 is 0 Å². The van der Waals surface area contributed by atoms with Crippen LogP contribution in [0.4, 0.5) is 0 Å². The minimum atomic E-state index is 0.180. The number of hydrogen-bond donors (Lipinski definition) is 0. The minimum absolute atomic E-state index is 0.180. The van der Waals surface area contributed by atoms with Crippen LogP contribution in [0.3, 0.4) is 0 Å². The molecular weight excluding hydrogens is 392 g/mol. The molecule has 4 rings (SSSR count). The molecule has 2 aromatic carbocycles. The number of nitrogens with zero attached hydrogens (tertiary/aromatic N) is 4. The molecule has 0 bridgehead atoms. The molecule has 156 valence electrons. The fourth-order valence-electron chi connectivity index (χ4n) is 4.18. The van der Waals surface area contributed by atoms with Crippen LogP contribution in [-0.2, 0) is 4.79 Å². The fourth-order valence-corrected chi connectivity index (χ4v) is 5.00. The molecule has 0 aliphatic carbocycles. The Morgan fingerprint density at radius 2 is 1.67 bits per heavy atom. The Morgan fingerprint density at radius 1 is 1.00 bits per heavy atom. The fraction of sp³-hybridized carbons (Fsp3) is 0.375. The summed E-state index contributed by atoms with van der Waals surface area (Å²) in [5.41, 5.74) is 3.20. The first-order chi connectivity index (χ1) is 14.5. The second kappa shape index (κ2) is 9.04. The molecule has 0 spiro atoms. The molecule has 6 heteroatoms. The lowest BCUT2D eigenvalue weighted by atomic mass is 9.98. The molecule has 1 amide bonds. The highest BCUT2D eigenvalue weighted by molar-refractivity contribution is 7.99. The quantitative estimate of drug-likeness (QED) is 0.537. The summed E-state index contributed by atoms with van der Waals surface area (Å²) in [6, 6.07) is 19.0. The number of amides is 1. The summed E-state index contributed by atoms with van der Waals surface area (Å²) in [4.78, 5) is 15.1. The average molecular weight is 421 g/mol. The number of rotatable bonds is 5. The molecule has 2 heterocycles. The van der Waals surface area contributed by atoms with E-state index in [-0.39, 0.29) is 5.91 Å². The van der Waals surface area contributed by atoms with Crippen molar-refractivity contribution in [1.82, 2.24) is 19.7 Å². The third-order valence-corrected chi connectivity index (χ3v) is 6.68. The number of carbonyl (C=O) groups excluding carboxylic acids is 1. The number of hydrogen-bond acceptors (Lipinski definition) is 4. The summed E-state index contributed by atoms with van der Waals surface area (Å²) in [6.07, 6.45) is 3.36.